The van der Waals surface area contributed by atoms with Crippen molar-refractivity contribution in [1.82, 2.24) is 4.31 Å². The lowest BCUT2D eigenvalue weighted by Crippen LogP contribution is -2.42. The van der Waals surface area contributed by atoms with Gasteiger partial charge >= 0.3 is 0 Å². The monoisotopic (exact) mass is 289 g/mol. The van der Waals surface area contributed by atoms with Crippen molar-refractivity contribution in [2.45, 2.75) is 4.90 Å². The van der Waals surface area contributed by atoms with Crippen LogP contribution in [0.1, 0.15) is 10.4 Å². The van der Waals surface area contributed by atoms with E-state index in [-0.39, 0.29) is 41.0 Å². The quantitative estimate of drug-likeness (QED) is 0.782. The lowest BCUT2D eigenvalue weighted by atomic mass is 10.1. The molecule has 5 nitrogen and oxygen atoms in total. The maximum Gasteiger partial charge on any atom is 0.244 e. The predicted molar refractivity (Wildman–Crippen MR) is 66.8 cm³/mol. The zero-order valence-electron chi connectivity index (χ0n) is 9.72. The summed E-state index contributed by atoms with van der Waals surface area (Å²) < 4.78 is 30.7. The molecule has 0 aromatic heterocycles. The smallest absolute Gasteiger partial charge is 0.244 e. The van der Waals surface area contributed by atoms with Crippen molar-refractivity contribution in [2.24, 2.45) is 0 Å². The molecule has 0 aliphatic carbocycles. The predicted octanol–water partition coefficient (Wildman–Crippen LogP) is 1.12. The summed E-state index contributed by atoms with van der Waals surface area (Å²) in [5.41, 5.74) is 0.130. The standard InChI is InChI=1S/C11H12ClNO4S/c1-17-9-3-2-4-10-11(9)8(14)7-13(6-5-12)18(10,15)16/h2-4H,5-7H2,1H3. The van der Waals surface area contributed by atoms with Crippen molar-refractivity contribution in [1.29, 1.82) is 0 Å². The Labute approximate surface area is 110 Å². The fraction of sp³-hybridized carbons (Fsp3) is 0.364. The van der Waals surface area contributed by atoms with Gasteiger partial charge in [0, 0.05) is 12.4 Å². The second-order valence-corrected chi connectivity index (χ2v) is 6.07. The number of fused-ring (bicyclic) bond motifs is 1. The highest BCUT2D eigenvalue weighted by Gasteiger charge is 2.37. The first-order chi connectivity index (χ1) is 8.52. The van der Waals surface area contributed by atoms with E-state index in [9.17, 15) is 13.2 Å². The summed E-state index contributed by atoms with van der Waals surface area (Å²) in [6, 6.07) is 4.53. The average Bonchev–Trinajstić information content (AvgIpc) is 2.35. The molecule has 0 amide bonds. The minimum absolute atomic E-state index is 0.0109. The Balaban J connectivity index is 2.63. The number of halogens is 1. The van der Waals surface area contributed by atoms with Gasteiger partial charge in [0.25, 0.3) is 0 Å². The molecule has 7 heteroatoms. The van der Waals surface area contributed by atoms with Crippen molar-refractivity contribution in [3.63, 3.8) is 0 Å². The molecule has 0 radical (unpaired) electrons. The Morgan fingerprint density at radius 2 is 2.17 bits per heavy atom. The Kier molecular flexibility index (Phi) is 3.61. The number of alkyl halides is 1. The second kappa shape index (κ2) is 4.87. The summed E-state index contributed by atoms with van der Waals surface area (Å²) >= 11 is 5.55. The zero-order valence-corrected chi connectivity index (χ0v) is 11.3. The van der Waals surface area contributed by atoms with E-state index >= 15 is 0 Å². The largest absolute Gasteiger partial charge is 0.496 e. The Morgan fingerprint density at radius 3 is 2.78 bits per heavy atom. The lowest BCUT2D eigenvalue weighted by molar-refractivity contribution is 0.0954. The normalized spacial score (nSPS) is 18.4. The third-order valence-electron chi connectivity index (χ3n) is 2.76. The number of ether oxygens (including phenoxy) is 1. The Bertz CT molecular complexity index is 585. The van der Waals surface area contributed by atoms with Gasteiger partial charge in [-0.05, 0) is 12.1 Å². The van der Waals surface area contributed by atoms with Crippen LogP contribution in [0.2, 0.25) is 0 Å². The molecule has 98 valence electrons. The van der Waals surface area contributed by atoms with Crippen LogP contribution < -0.4 is 4.74 Å². The maximum absolute atomic E-state index is 12.3. The number of nitrogens with zero attached hydrogens (tertiary/aromatic N) is 1. The van der Waals surface area contributed by atoms with Gasteiger partial charge in [-0.1, -0.05) is 6.07 Å². The van der Waals surface area contributed by atoms with Crippen LogP contribution in [-0.2, 0) is 10.0 Å². The molecule has 1 heterocycles. The highest BCUT2D eigenvalue weighted by Crippen LogP contribution is 2.32. The molecule has 0 spiro atoms. The maximum atomic E-state index is 12.3. The molecule has 0 bridgehead atoms. The summed E-state index contributed by atoms with van der Waals surface area (Å²) in [5.74, 6) is 0.153. The molecule has 0 saturated heterocycles. The van der Waals surface area contributed by atoms with E-state index in [1.807, 2.05) is 0 Å². The first-order valence-corrected chi connectivity index (χ1v) is 7.26. The van der Waals surface area contributed by atoms with Crippen LogP contribution in [0.4, 0.5) is 0 Å². The summed E-state index contributed by atoms with van der Waals surface area (Å²) in [5, 5.41) is 0. The van der Waals surface area contributed by atoms with Crippen molar-refractivity contribution in [3.8, 4) is 5.75 Å². The molecule has 1 aromatic carbocycles. The number of sulfonamides is 1. The van der Waals surface area contributed by atoms with Crippen LogP contribution in [0.25, 0.3) is 0 Å². The average molecular weight is 290 g/mol. The van der Waals surface area contributed by atoms with E-state index in [1.54, 1.807) is 12.1 Å². The number of Topliss-reactive ketones (excluding diaryl/α,β-unsaturated/α-hetero) is 1. The highest BCUT2D eigenvalue weighted by atomic mass is 35.5. The summed E-state index contributed by atoms with van der Waals surface area (Å²) in [6.45, 7) is -0.0747. The number of carbonyl (C=O) groups is 1. The second-order valence-electron chi connectivity index (χ2n) is 3.78. The highest BCUT2D eigenvalue weighted by molar-refractivity contribution is 7.89. The number of carbonyl (C=O) groups excluding carboxylic acids is 1. The number of hydrogen-bond donors (Lipinski definition) is 0. The van der Waals surface area contributed by atoms with Gasteiger partial charge in [0.1, 0.15) is 5.75 Å². The van der Waals surface area contributed by atoms with Crippen LogP contribution in [-0.4, -0.2) is 44.6 Å². The minimum atomic E-state index is -3.66. The molecule has 0 N–H and O–H groups in total. The van der Waals surface area contributed by atoms with Crippen molar-refractivity contribution >= 4 is 27.4 Å². The van der Waals surface area contributed by atoms with Gasteiger partial charge in [-0.2, -0.15) is 4.31 Å². The fourth-order valence-corrected chi connectivity index (χ4v) is 3.85. The molecule has 0 saturated carbocycles. The van der Waals surface area contributed by atoms with E-state index in [1.165, 1.54) is 13.2 Å². The summed E-state index contributed by atoms with van der Waals surface area (Å²) in [6.07, 6.45) is 0. The van der Waals surface area contributed by atoms with E-state index in [2.05, 4.69) is 0 Å². The molecular weight excluding hydrogens is 278 g/mol. The lowest BCUT2D eigenvalue weighted by Gasteiger charge is -2.27. The van der Waals surface area contributed by atoms with Gasteiger partial charge in [0.05, 0.1) is 24.1 Å². The van der Waals surface area contributed by atoms with Crippen LogP contribution >= 0.6 is 11.6 Å². The van der Waals surface area contributed by atoms with Gasteiger partial charge in [0.2, 0.25) is 10.0 Å². The minimum Gasteiger partial charge on any atom is -0.496 e. The van der Waals surface area contributed by atoms with E-state index < -0.39 is 10.0 Å². The van der Waals surface area contributed by atoms with Crippen molar-refractivity contribution in [2.75, 3.05) is 26.1 Å². The molecular formula is C11H12ClNO4S. The fourth-order valence-electron chi connectivity index (χ4n) is 1.93. The van der Waals surface area contributed by atoms with Crippen LogP contribution in [0, 0.1) is 0 Å². The number of benzene rings is 1. The molecule has 1 aliphatic rings. The van der Waals surface area contributed by atoms with Crippen LogP contribution in [0.3, 0.4) is 0 Å². The molecule has 0 fully saturated rings. The first-order valence-electron chi connectivity index (χ1n) is 5.28. The molecule has 0 atom stereocenters. The van der Waals surface area contributed by atoms with Crippen LogP contribution in [0.15, 0.2) is 23.1 Å². The summed E-state index contributed by atoms with van der Waals surface area (Å²) in [7, 11) is -2.26. The molecule has 1 aromatic rings. The molecule has 18 heavy (non-hydrogen) atoms. The first kappa shape index (κ1) is 13.3. The molecule has 0 unspecified atom stereocenters. The van der Waals surface area contributed by atoms with Crippen molar-refractivity contribution in [3.05, 3.63) is 23.8 Å². The number of hydrogen-bond acceptors (Lipinski definition) is 4. The summed E-state index contributed by atoms with van der Waals surface area (Å²) in [4.78, 5) is 12.0. The van der Waals surface area contributed by atoms with Crippen molar-refractivity contribution < 1.29 is 17.9 Å². The van der Waals surface area contributed by atoms with Gasteiger partial charge in [0.15, 0.2) is 5.78 Å². The van der Waals surface area contributed by atoms with E-state index in [0.717, 1.165) is 4.31 Å². The molecule has 1 aliphatic heterocycles. The Hall–Kier alpha value is -1.11. The van der Waals surface area contributed by atoms with Crippen LogP contribution in [0.5, 0.6) is 5.75 Å². The number of methoxy groups -OCH3 is 1. The topological polar surface area (TPSA) is 63.7 Å². The van der Waals surface area contributed by atoms with Gasteiger partial charge in [-0.25, -0.2) is 8.42 Å². The SMILES string of the molecule is COc1cccc2c1C(=O)CN(CCCl)S2(=O)=O. The molecule has 2 rings (SSSR count). The number of ketones is 1. The van der Waals surface area contributed by atoms with Gasteiger partial charge < -0.3 is 4.74 Å². The van der Waals surface area contributed by atoms with Gasteiger partial charge in [-0.3, -0.25) is 4.79 Å². The van der Waals surface area contributed by atoms with Gasteiger partial charge in [-0.15, -0.1) is 11.6 Å². The zero-order chi connectivity index (χ0) is 13.3. The van der Waals surface area contributed by atoms with E-state index in [0.29, 0.717) is 0 Å². The third kappa shape index (κ3) is 2.00. The Morgan fingerprint density at radius 1 is 1.44 bits per heavy atom. The number of rotatable bonds is 3. The third-order valence-corrected chi connectivity index (χ3v) is 4.82. The van der Waals surface area contributed by atoms with E-state index in [4.69, 9.17) is 16.3 Å².